The SMILES string of the molecule is N.O.P.[Li].[Si]. The Labute approximate surface area is 51.8 Å². The zero-order valence-corrected chi connectivity index (χ0v) is 5.83. The largest absolute Gasteiger partial charge is 0.412 e. The van der Waals surface area contributed by atoms with Crippen molar-refractivity contribution in [1.29, 1.82) is 0 Å². The monoisotopic (exact) mass is 104 g/mol. The predicted octanol–water partition coefficient (Wildman–Crippen LogP) is -1.37. The molecule has 0 aromatic rings. The average molecular weight is 104 g/mol. The van der Waals surface area contributed by atoms with Gasteiger partial charge in [-0.15, -0.1) is 0 Å². The zero-order valence-electron chi connectivity index (χ0n) is 3.41. The van der Waals surface area contributed by atoms with Gasteiger partial charge >= 0.3 is 0 Å². The summed E-state index contributed by atoms with van der Waals surface area (Å²) < 4.78 is 0. The fourth-order valence-corrected chi connectivity index (χ4v) is 0. The molecule has 0 spiro atoms. The van der Waals surface area contributed by atoms with Crippen LogP contribution in [0.5, 0.6) is 0 Å². The van der Waals surface area contributed by atoms with E-state index in [0.29, 0.717) is 0 Å². The summed E-state index contributed by atoms with van der Waals surface area (Å²) in [5.41, 5.74) is 0. The van der Waals surface area contributed by atoms with E-state index >= 15 is 0 Å². The Kier molecular flexibility index (Phi) is 1600. The van der Waals surface area contributed by atoms with Crippen LogP contribution in [0.1, 0.15) is 0 Å². The van der Waals surface area contributed by atoms with Crippen LogP contribution in [0, 0.1) is 0 Å². The summed E-state index contributed by atoms with van der Waals surface area (Å²) in [6.07, 6.45) is 0. The van der Waals surface area contributed by atoms with Gasteiger partial charge in [-0.2, -0.15) is 9.90 Å². The molecule has 0 aromatic carbocycles. The summed E-state index contributed by atoms with van der Waals surface area (Å²) >= 11 is 0. The molecule has 5 N–H and O–H groups in total. The summed E-state index contributed by atoms with van der Waals surface area (Å²) in [5, 5.41) is 0. The average Bonchev–Trinajstić information content (AvgIpc) is 0. The van der Waals surface area contributed by atoms with Crippen LogP contribution in [-0.2, 0) is 0 Å². The second kappa shape index (κ2) is 66.1. The van der Waals surface area contributed by atoms with Gasteiger partial charge in [0.25, 0.3) is 0 Å². The van der Waals surface area contributed by atoms with Gasteiger partial charge in [-0.25, -0.2) is 0 Å². The van der Waals surface area contributed by atoms with Gasteiger partial charge in [0.1, 0.15) is 0 Å². The van der Waals surface area contributed by atoms with Crippen LogP contribution >= 0.6 is 9.90 Å². The minimum atomic E-state index is 0. The van der Waals surface area contributed by atoms with E-state index in [1.54, 1.807) is 0 Å². The van der Waals surface area contributed by atoms with Gasteiger partial charge in [0.15, 0.2) is 0 Å². The molecule has 0 rings (SSSR count). The molecule has 1 unspecified atom stereocenters. The summed E-state index contributed by atoms with van der Waals surface area (Å²) in [6, 6.07) is 0. The van der Waals surface area contributed by atoms with Crippen LogP contribution in [0.15, 0.2) is 0 Å². The second-order valence-electron chi connectivity index (χ2n) is 0. The van der Waals surface area contributed by atoms with E-state index in [4.69, 9.17) is 0 Å². The van der Waals surface area contributed by atoms with Gasteiger partial charge < -0.3 is 11.6 Å². The van der Waals surface area contributed by atoms with Crippen molar-refractivity contribution in [3.63, 3.8) is 0 Å². The van der Waals surface area contributed by atoms with Crippen LogP contribution < -0.4 is 6.15 Å². The topological polar surface area (TPSA) is 66.5 Å². The summed E-state index contributed by atoms with van der Waals surface area (Å²) in [5.74, 6) is 0. The van der Waals surface area contributed by atoms with Crippen molar-refractivity contribution in [2.45, 2.75) is 0 Å². The van der Waals surface area contributed by atoms with Crippen molar-refractivity contribution >= 4 is 39.7 Å². The molecule has 29 valence electrons. The number of rotatable bonds is 0. The number of hydrogen-bond donors (Lipinski definition) is 1. The molecule has 0 saturated heterocycles. The molecule has 0 aliphatic carbocycles. The van der Waals surface area contributed by atoms with Crippen molar-refractivity contribution in [2.24, 2.45) is 0 Å². The van der Waals surface area contributed by atoms with E-state index in [1.165, 1.54) is 0 Å². The summed E-state index contributed by atoms with van der Waals surface area (Å²) in [6.45, 7) is 0. The Balaban J connectivity index is 0. The molecule has 0 amide bonds. The number of hydrogen-bond acceptors (Lipinski definition) is 1. The first-order valence-electron chi connectivity index (χ1n) is 0. The van der Waals surface area contributed by atoms with Crippen molar-refractivity contribution in [2.75, 3.05) is 0 Å². The third-order valence-corrected chi connectivity index (χ3v) is 0. The smallest absolute Gasteiger partial charge is 0 e. The Bertz CT molecular complexity index is 11.6. The molecule has 5 heteroatoms. The van der Waals surface area contributed by atoms with E-state index in [9.17, 15) is 0 Å². The van der Waals surface area contributed by atoms with Gasteiger partial charge in [-0.05, 0) is 0 Å². The van der Waals surface area contributed by atoms with E-state index in [1.807, 2.05) is 0 Å². The fourth-order valence-electron chi connectivity index (χ4n) is 0. The maximum Gasteiger partial charge on any atom is 0 e. The van der Waals surface area contributed by atoms with Gasteiger partial charge in [0.2, 0.25) is 0 Å². The molecule has 0 aliphatic heterocycles. The van der Waals surface area contributed by atoms with Gasteiger partial charge in [-0.1, -0.05) is 0 Å². The van der Waals surface area contributed by atoms with Crippen molar-refractivity contribution in [3.8, 4) is 0 Å². The van der Waals surface area contributed by atoms with Gasteiger partial charge in [0, 0.05) is 29.8 Å². The third kappa shape index (κ3) is 38.1. The van der Waals surface area contributed by atoms with Crippen LogP contribution in [0.2, 0.25) is 0 Å². The first-order valence-corrected chi connectivity index (χ1v) is 0. The Hall–Kier alpha value is 1.16. The van der Waals surface area contributed by atoms with Crippen LogP contribution in [0.3, 0.4) is 0 Å². The van der Waals surface area contributed by atoms with Crippen LogP contribution in [0.4, 0.5) is 0 Å². The maximum atomic E-state index is 0. The summed E-state index contributed by atoms with van der Waals surface area (Å²) in [4.78, 5) is 0. The molecule has 5 heavy (non-hydrogen) atoms. The summed E-state index contributed by atoms with van der Waals surface area (Å²) in [7, 11) is 0. The maximum absolute atomic E-state index is 0. The molecule has 1 atom stereocenters. The molecule has 0 bridgehead atoms. The molecule has 5 radical (unpaired) electrons. The minimum absolute atomic E-state index is 0. The molecule has 0 heterocycles. The van der Waals surface area contributed by atoms with Crippen molar-refractivity contribution < 1.29 is 5.48 Å². The van der Waals surface area contributed by atoms with Crippen molar-refractivity contribution in [1.82, 2.24) is 6.15 Å². The van der Waals surface area contributed by atoms with E-state index in [2.05, 4.69) is 0 Å². The molecule has 0 aliphatic rings. The first-order chi connectivity index (χ1) is 0. The Morgan fingerprint density at radius 2 is 1.00 bits per heavy atom. The first kappa shape index (κ1) is 121. The fraction of sp³-hybridized carbons (Fsp3) is 0. The van der Waals surface area contributed by atoms with Crippen LogP contribution in [0.25, 0.3) is 0 Å². The van der Waals surface area contributed by atoms with Crippen LogP contribution in [-0.4, -0.2) is 35.3 Å². The standard InChI is InChI=1S/Li.H3N.H2O.H3P.Si/h;1H3;1H2;1H3;. The molecule has 0 fully saturated rings. The zero-order chi connectivity index (χ0) is 0. The second-order valence-corrected chi connectivity index (χ2v) is 0. The molecule has 2 nitrogen and oxygen atoms in total. The van der Waals surface area contributed by atoms with Gasteiger partial charge in [-0.3, -0.25) is 0 Å². The normalized spacial score (nSPS) is 0. The van der Waals surface area contributed by atoms with E-state index < -0.39 is 0 Å². The van der Waals surface area contributed by atoms with Gasteiger partial charge in [0.05, 0.1) is 0 Å². The third-order valence-electron chi connectivity index (χ3n) is 0. The predicted molar refractivity (Wildman–Crippen MR) is 31.2 cm³/mol. The molecular weight excluding hydrogens is 96.0 g/mol. The molecular formula is H8LiNOPSi. The molecule has 0 saturated carbocycles. The van der Waals surface area contributed by atoms with E-state index in [-0.39, 0.29) is 51.4 Å². The van der Waals surface area contributed by atoms with E-state index in [0.717, 1.165) is 0 Å². The minimum Gasteiger partial charge on any atom is -0.412 e. The Morgan fingerprint density at radius 1 is 1.00 bits per heavy atom. The van der Waals surface area contributed by atoms with Crippen molar-refractivity contribution in [3.05, 3.63) is 0 Å². The molecule has 0 aromatic heterocycles. The quantitative estimate of drug-likeness (QED) is 0.299. The Morgan fingerprint density at radius 3 is 1.00 bits per heavy atom.